The van der Waals surface area contributed by atoms with Gasteiger partial charge in [0, 0.05) is 18.6 Å². The first-order chi connectivity index (χ1) is 11.3. The molecule has 0 bridgehead atoms. The highest BCUT2D eigenvalue weighted by molar-refractivity contribution is 6.03. The number of rotatable bonds is 5. The van der Waals surface area contributed by atoms with Gasteiger partial charge in [0.2, 0.25) is 0 Å². The molecule has 0 aliphatic rings. The van der Waals surface area contributed by atoms with E-state index in [-0.39, 0.29) is 5.91 Å². The van der Waals surface area contributed by atoms with E-state index in [0.717, 1.165) is 5.69 Å². The molecule has 3 aromatic heterocycles. The van der Waals surface area contributed by atoms with Gasteiger partial charge in [-0.1, -0.05) is 6.07 Å². The van der Waals surface area contributed by atoms with Crippen LogP contribution in [0.4, 0.5) is 11.6 Å². The van der Waals surface area contributed by atoms with E-state index in [1.165, 1.54) is 6.20 Å². The number of anilines is 2. The summed E-state index contributed by atoms with van der Waals surface area (Å²) in [5.41, 5.74) is 1.37. The van der Waals surface area contributed by atoms with Crippen LogP contribution in [0.3, 0.4) is 0 Å². The van der Waals surface area contributed by atoms with Crippen LogP contribution in [0.2, 0.25) is 0 Å². The zero-order valence-corrected chi connectivity index (χ0v) is 12.2. The first-order valence-corrected chi connectivity index (χ1v) is 7.00. The highest BCUT2D eigenvalue weighted by Gasteiger charge is 2.07. The molecule has 0 saturated carbocycles. The smallest absolute Gasteiger partial charge is 0.258 e. The van der Waals surface area contributed by atoms with Crippen molar-refractivity contribution < 1.29 is 4.79 Å². The molecular formula is C16H14N6O. The molecule has 3 aromatic rings. The average molecular weight is 306 g/mol. The quantitative estimate of drug-likeness (QED) is 0.750. The van der Waals surface area contributed by atoms with Crippen LogP contribution >= 0.6 is 0 Å². The standard InChI is InChI=1S/C16H14N6O/c23-16(12-4-3-8-17-10-12)20-15-7-6-14(21-22-15)19-11-13-5-1-2-9-18-13/h1-10H,11H2,(H,19,21)(H,20,22,23). The molecule has 7 nitrogen and oxygen atoms in total. The number of amides is 1. The number of aromatic nitrogens is 4. The second-order valence-corrected chi connectivity index (χ2v) is 4.67. The molecule has 114 valence electrons. The van der Waals surface area contributed by atoms with Gasteiger partial charge in [-0.15, -0.1) is 10.2 Å². The van der Waals surface area contributed by atoms with Gasteiger partial charge in [0.1, 0.15) is 5.82 Å². The summed E-state index contributed by atoms with van der Waals surface area (Å²) >= 11 is 0. The van der Waals surface area contributed by atoms with Gasteiger partial charge >= 0.3 is 0 Å². The molecule has 23 heavy (non-hydrogen) atoms. The SMILES string of the molecule is O=C(Nc1ccc(NCc2ccccn2)nn1)c1cccnc1. The Bertz CT molecular complexity index is 762. The molecule has 0 aliphatic heterocycles. The second kappa shape index (κ2) is 7.08. The van der Waals surface area contributed by atoms with Crippen molar-refractivity contribution in [2.24, 2.45) is 0 Å². The van der Waals surface area contributed by atoms with Crippen molar-refractivity contribution in [3.63, 3.8) is 0 Å². The van der Waals surface area contributed by atoms with Gasteiger partial charge in [-0.05, 0) is 36.4 Å². The lowest BCUT2D eigenvalue weighted by molar-refractivity contribution is 0.102. The Morgan fingerprint density at radius 3 is 2.52 bits per heavy atom. The number of hydrogen-bond donors (Lipinski definition) is 2. The summed E-state index contributed by atoms with van der Waals surface area (Å²) in [6.07, 6.45) is 4.84. The lowest BCUT2D eigenvalue weighted by Crippen LogP contribution is -2.14. The Kier molecular flexibility index (Phi) is 4.49. The van der Waals surface area contributed by atoms with E-state index in [1.807, 2.05) is 18.2 Å². The molecule has 3 heterocycles. The third-order valence-corrected chi connectivity index (χ3v) is 3.01. The highest BCUT2D eigenvalue weighted by Crippen LogP contribution is 2.09. The average Bonchev–Trinajstić information content (AvgIpc) is 2.63. The third kappa shape index (κ3) is 4.07. The predicted octanol–water partition coefficient (Wildman–Crippen LogP) is 2.13. The Morgan fingerprint density at radius 2 is 1.83 bits per heavy atom. The van der Waals surface area contributed by atoms with E-state index in [1.54, 1.807) is 36.7 Å². The Hall–Kier alpha value is -3.35. The van der Waals surface area contributed by atoms with Crippen LogP contribution < -0.4 is 10.6 Å². The van der Waals surface area contributed by atoms with Crippen LogP contribution in [-0.4, -0.2) is 26.1 Å². The van der Waals surface area contributed by atoms with Crippen LogP contribution in [0.5, 0.6) is 0 Å². The zero-order valence-electron chi connectivity index (χ0n) is 12.2. The van der Waals surface area contributed by atoms with Crippen LogP contribution in [0.15, 0.2) is 61.1 Å². The van der Waals surface area contributed by atoms with E-state index < -0.39 is 0 Å². The van der Waals surface area contributed by atoms with Gasteiger partial charge in [0.05, 0.1) is 17.8 Å². The van der Waals surface area contributed by atoms with E-state index >= 15 is 0 Å². The molecule has 0 saturated heterocycles. The lowest BCUT2D eigenvalue weighted by atomic mass is 10.3. The normalized spacial score (nSPS) is 10.1. The van der Waals surface area contributed by atoms with E-state index in [4.69, 9.17) is 0 Å². The van der Waals surface area contributed by atoms with Crippen molar-refractivity contribution in [1.82, 2.24) is 20.2 Å². The fourth-order valence-corrected chi connectivity index (χ4v) is 1.86. The second-order valence-electron chi connectivity index (χ2n) is 4.67. The molecule has 2 N–H and O–H groups in total. The van der Waals surface area contributed by atoms with Gasteiger partial charge < -0.3 is 10.6 Å². The number of hydrogen-bond acceptors (Lipinski definition) is 6. The summed E-state index contributed by atoms with van der Waals surface area (Å²) in [6, 6.07) is 12.5. The summed E-state index contributed by atoms with van der Waals surface area (Å²) in [6.45, 7) is 0.552. The van der Waals surface area contributed by atoms with E-state index in [0.29, 0.717) is 23.7 Å². The predicted molar refractivity (Wildman–Crippen MR) is 85.8 cm³/mol. The summed E-state index contributed by atoms with van der Waals surface area (Å²) in [4.78, 5) is 20.1. The van der Waals surface area contributed by atoms with Crippen molar-refractivity contribution in [2.75, 3.05) is 10.6 Å². The van der Waals surface area contributed by atoms with Gasteiger partial charge in [-0.25, -0.2) is 0 Å². The highest BCUT2D eigenvalue weighted by atomic mass is 16.1. The zero-order chi connectivity index (χ0) is 15.9. The maximum Gasteiger partial charge on any atom is 0.258 e. The first-order valence-electron chi connectivity index (χ1n) is 7.00. The first kappa shape index (κ1) is 14.6. The molecule has 0 aliphatic carbocycles. The van der Waals surface area contributed by atoms with Crippen LogP contribution in [0, 0.1) is 0 Å². The molecule has 0 unspecified atom stereocenters. The van der Waals surface area contributed by atoms with E-state index in [2.05, 4.69) is 30.8 Å². The van der Waals surface area contributed by atoms with Crippen LogP contribution in [-0.2, 0) is 6.54 Å². The molecule has 1 amide bonds. The fraction of sp³-hybridized carbons (Fsp3) is 0.0625. The fourth-order valence-electron chi connectivity index (χ4n) is 1.86. The Morgan fingerprint density at radius 1 is 0.957 bits per heavy atom. The third-order valence-electron chi connectivity index (χ3n) is 3.01. The summed E-state index contributed by atoms with van der Waals surface area (Å²) in [5, 5.41) is 13.8. The van der Waals surface area contributed by atoms with Crippen LogP contribution in [0.25, 0.3) is 0 Å². The monoisotopic (exact) mass is 306 g/mol. The van der Waals surface area contributed by atoms with Crippen LogP contribution in [0.1, 0.15) is 16.1 Å². The largest absolute Gasteiger partial charge is 0.363 e. The molecule has 0 fully saturated rings. The molecule has 7 heteroatoms. The Labute approximate surface area is 132 Å². The van der Waals surface area contributed by atoms with Gasteiger partial charge in [-0.2, -0.15) is 0 Å². The minimum absolute atomic E-state index is 0.276. The van der Waals surface area contributed by atoms with Crippen molar-refractivity contribution in [2.45, 2.75) is 6.54 Å². The molecule has 0 atom stereocenters. The molecular weight excluding hydrogens is 292 g/mol. The minimum Gasteiger partial charge on any atom is -0.363 e. The molecule has 0 aromatic carbocycles. The van der Waals surface area contributed by atoms with Crippen molar-refractivity contribution in [3.05, 3.63) is 72.3 Å². The summed E-state index contributed by atoms with van der Waals surface area (Å²) < 4.78 is 0. The van der Waals surface area contributed by atoms with Gasteiger partial charge in [0.15, 0.2) is 5.82 Å². The van der Waals surface area contributed by atoms with Gasteiger partial charge in [0.25, 0.3) is 5.91 Å². The molecule has 0 radical (unpaired) electrons. The number of carbonyl (C=O) groups excluding carboxylic acids is 1. The van der Waals surface area contributed by atoms with Crippen molar-refractivity contribution >= 4 is 17.5 Å². The maximum atomic E-state index is 12.0. The molecule has 3 rings (SSSR count). The van der Waals surface area contributed by atoms with Crippen molar-refractivity contribution in [1.29, 1.82) is 0 Å². The maximum absolute atomic E-state index is 12.0. The number of pyridine rings is 2. The summed E-state index contributed by atoms with van der Waals surface area (Å²) in [7, 11) is 0. The van der Waals surface area contributed by atoms with Crippen molar-refractivity contribution in [3.8, 4) is 0 Å². The Balaban J connectivity index is 1.58. The summed E-state index contributed by atoms with van der Waals surface area (Å²) in [5.74, 6) is 0.707. The topological polar surface area (TPSA) is 92.7 Å². The van der Waals surface area contributed by atoms with E-state index in [9.17, 15) is 4.79 Å². The number of nitrogens with one attached hydrogen (secondary N) is 2. The minimum atomic E-state index is -0.276. The lowest BCUT2D eigenvalue weighted by Gasteiger charge is -2.06. The van der Waals surface area contributed by atoms with Gasteiger partial charge in [-0.3, -0.25) is 14.8 Å². The number of carbonyl (C=O) groups is 1. The number of nitrogens with zero attached hydrogens (tertiary/aromatic N) is 4. The molecule has 0 spiro atoms.